The molecular formula is C14H20. The minimum absolute atomic E-state index is 1.12. The van der Waals surface area contributed by atoms with Crippen LogP contribution in [0.2, 0.25) is 0 Å². The summed E-state index contributed by atoms with van der Waals surface area (Å²) >= 11 is 0. The van der Waals surface area contributed by atoms with Gasteiger partial charge in [-0.3, -0.25) is 0 Å². The fraction of sp³-hybridized carbons (Fsp3) is 0.429. The highest BCUT2D eigenvalue weighted by atomic mass is 14.0. The van der Waals surface area contributed by atoms with Crippen LogP contribution in [0.4, 0.5) is 0 Å². The Balaban J connectivity index is 2.89. The van der Waals surface area contributed by atoms with Gasteiger partial charge in [0.2, 0.25) is 0 Å². The van der Waals surface area contributed by atoms with Crippen molar-refractivity contribution in [3.63, 3.8) is 0 Å². The van der Waals surface area contributed by atoms with Crippen molar-refractivity contribution in [1.29, 1.82) is 0 Å². The second-order valence-corrected chi connectivity index (χ2v) is 3.54. The van der Waals surface area contributed by atoms with Crippen LogP contribution in [0, 0.1) is 0 Å². The molecule has 0 fully saturated rings. The summed E-state index contributed by atoms with van der Waals surface area (Å²) in [4.78, 5) is 0. The summed E-state index contributed by atoms with van der Waals surface area (Å²) in [6.07, 6.45) is 5.69. The molecule has 0 unspecified atom stereocenters. The van der Waals surface area contributed by atoms with Crippen LogP contribution in [-0.2, 0) is 6.42 Å². The molecule has 0 radical (unpaired) electrons. The SMILES string of the molecule is CCC=C(CC)c1ccc(CC)cc1. The molecule has 1 rings (SSSR count). The van der Waals surface area contributed by atoms with Gasteiger partial charge < -0.3 is 0 Å². The summed E-state index contributed by atoms with van der Waals surface area (Å²) in [5, 5.41) is 0. The molecule has 0 bridgehead atoms. The van der Waals surface area contributed by atoms with Crippen molar-refractivity contribution in [1.82, 2.24) is 0 Å². The second-order valence-electron chi connectivity index (χ2n) is 3.54. The normalized spacial score (nSPS) is 11.8. The number of hydrogen-bond donors (Lipinski definition) is 0. The van der Waals surface area contributed by atoms with E-state index in [1.54, 1.807) is 0 Å². The summed E-state index contributed by atoms with van der Waals surface area (Å²) < 4.78 is 0. The highest BCUT2D eigenvalue weighted by molar-refractivity contribution is 5.65. The zero-order chi connectivity index (χ0) is 10.4. The maximum Gasteiger partial charge on any atom is -0.0228 e. The Hall–Kier alpha value is -1.04. The first kappa shape index (κ1) is 11.0. The lowest BCUT2D eigenvalue weighted by Crippen LogP contribution is -1.85. The molecule has 76 valence electrons. The van der Waals surface area contributed by atoms with Crippen LogP contribution in [0.1, 0.15) is 44.7 Å². The molecular weight excluding hydrogens is 168 g/mol. The zero-order valence-electron chi connectivity index (χ0n) is 9.51. The van der Waals surface area contributed by atoms with Gasteiger partial charge in [0.05, 0.1) is 0 Å². The van der Waals surface area contributed by atoms with Crippen molar-refractivity contribution in [2.24, 2.45) is 0 Å². The fourth-order valence-corrected chi connectivity index (χ4v) is 1.67. The lowest BCUT2D eigenvalue weighted by atomic mass is 10.0. The Morgan fingerprint density at radius 3 is 2.14 bits per heavy atom. The van der Waals surface area contributed by atoms with Gasteiger partial charge in [0.1, 0.15) is 0 Å². The number of benzene rings is 1. The van der Waals surface area contributed by atoms with Gasteiger partial charge in [-0.25, -0.2) is 0 Å². The third-order valence-corrected chi connectivity index (χ3v) is 2.56. The zero-order valence-corrected chi connectivity index (χ0v) is 9.51. The molecule has 0 saturated carbocycles. The molecule has 0 atom stereocenters. The summed E-state index contributed by atoms with van der Waals surface area (Å²) in [6.45, 7) is 6.60. The van der Waals surface area contributed by atoms with Crippen molar-refractivity contribution in [2.45, 2.75) is 40.0 Å². The third kappa shape index (κ3) is 2.73. The highest BCUT2D eigenvalue weighted by Crippen LogP contribution is 2.19. The number of hydrogen-bond acceptors (Lipinski definition) is 0. The largest absolute Gasteiger partial charge is 0.0810 e. The maximum atomic E-state index is 2.32. The minimum atomic E-state index is 1.12. The van der Waals surface area contributed by atoms with Gasteiger partial charge in [0.15, 0.2) is 0 Å². The molecule has 0 spiro atoms. The number of aryl methyl sites for hydroxylation is 1. The maximum absolute atomic E-state index is 2.32. The molecule has 1 aromatic carbocycles. The van der Waals surface area contributed by atoms with Crippen LogP contribution >= 0.6 is 0 Å². The van der Waals surface area contributed by atoms with E-state index >= 15 is 0 Å². The standard InChI is InChI=1S/C14H20/c1-4-7-13(6-3)14-10-8-12(5-2)9-11-14/h7-11H,4-6H2,1-3H3. The van der Waals surface area contributed by atoms with Crippen molar-refractivity contribution in [3.8, 4) is 0 Å². The molecule has 0 aliphatic carbocycles. The fourth-order valence-electron chi connectivity index (χ4n) is 1.67. The van der Waals surface area contributed by atoms with E-state index in [0.29, 0.717) is 0 Å². The van der Waals surface area contributed by atoms with Gasteiger partial charge in [-0.1, -0.05) is 51.1 Å². The van der Waals surface area contributed by atoms with E-state index in [1.165, 1.54) is 16.7 Å². The predicted octanol–water partition coefficient (Wildman–Crippen LogP) is 4.45. The van der Waals surface area contributed by atoms with Gasteiger partial charge in [-0.2, -0.15) is 0 Å². The van der Waals surface area contributed by atoms with Crippen molar-refractivity contribution in [2.75, 3.05) is 0 Å². The first-order valence-corrected chi connectivity index (χ1v) is 5.60. The molecule has 0 aliphatic heterocycles. The van der Waals surface area contributed by atoms with Gasteiger partial charge >= 0.3 is 0 Å². The van der Waals surface area contributed by atoms with E-state index in [4.69, 9.17) is 0 Å². The van der Waals surface area contributed by atoms with E-state index in [-0.39, 0.29) is 0 Å². The van der Waals surface area contributed by atoms with Crippen LogP contribution in [0.3, 0.4) is 0 Å². The van der Waals surface area contributed by atoms with Crippen LogP contribution in [-0.4, -0.2) is 0 Å². The molecule has 14 heavy (non-hydrogen) atoms. The Kier molecular flexibility index (Phi) is 4.45. The smallest absolute Gasteiger partial charge is 0.0228 e. The van der Waals surface area contributed by atoms with Crippen molar-refractivity contribution in [3.05, 3.63) is 41.5 Å². The monoisotopic (exact) mass is 188 g/mol. The number of allylic oxidation sites excluding steroid dienone is 2. The quantitative estimate of drug-likeness (QED) is 0.654. The van der Waals surface area contributed by atoms with E-state index < -0.39 is 0 Å². The molecule has 1 aromatic rings. The van der Waals surface area contributed by atoms with E-state index in [9.17, 15) is 0 Å². The van der Waals surface area contributed by atoms with E-state index in [1.807, 2.05) is 0 Å². The van der Waals surface area contributed by atoms with Crippen LogP contribution in [0.5, 0.6) is 0 Å². The second kappa shape index (κ2) is 5.64. The predicted molar refractivity (Wildman–Crippen MR) is 64.4 cm³/mol. The minimum Gasteiger partial charge on any atom is -0.0810 e. The van der Waals surface area contributed by atoms with E-state index in [2.05, 4.69) is 51.1 Å². The van der Waals surface area contributed by atoms with Gasteiger partial charge in [0, 0.05) is 0 Å². The Morgan fingerprint density at radius 2 is 1.71 bits per heavy atom. The van der Waals surface area contributed by atoms with Crippen LogP contribution in [0.25, 0.3) is 5.57 Å². The Morgan fingerprint density at radius 1 is 1.07 bits per heavy atom. The molecule has 0 nitrogen and oxygen atoms in total. The Labute approximate surface area is 87.7 Å². The molecule has 0 aliphatic rings. The van der Waals surface area contributed by atoms with Gasteiger partial charge in [0.25, 0.3) is 0 Å². The molecule has 0 amide bonds. The molecule has 0 N–H and O–H groups in total. The molecule has 0 heteroatoms. The lowest BCUT2D eigenvalue weighted by molar-refractivity contribution is 1.13. The molecule has 0 aromatic heterocycles. The topological polar surface area (TPSA) is 0 Å². The molecule has 0 saturated heterocycles. The van der Waals surface area contributed by atoms with Crippen LogP contribution in [0.15, 0.2) is 30.3 Å². The van der Waals surface area contributed by atoms with Gasteiger partial charge in [-0.15, -0.1) is 0 Å². The Bertz CT molecular complexity index is 290. The summed E-state index contributed by atoms with van der Waals surface area (Å²) in [5.74, 6) is 0. The highest BCUT2D eigenvalue weighted by Gasteiger charge is 1.97. The summed E-state index contributed by atoms with van der Waals surface area (Å²) in [5.41, 5.74) is 4.27. The van der Waals surface area contributed by atoms with Crippen molar-refractivity contribution < 1.29 is 0 Å². The first-order chi connectivity index (χ1) is 6.81. The van der Waals surface area contributed by atoms with Crippen LogP contribution < -0.4 is 0 Å². The number of rotatable bonds is 4. The average Bonchev–Trinajstić information content (AvgIpc) is 2.26. The summed E-state index contributed by atoms with van der Waals surface area (Å²) in [7, 11) is 0. The van der Waals surface area contributed by atoms with Gasteiger partial charge in [-0.05, 0) is 36.0 Å². The van der Waals surface area contributed by atoms with E-state index in [0.717, 1.165) is 19.3 Å². The average molecular weight is 188 g/mol. The van der Waals surface area contributed by atoms with Crippen molar-refractivity contribution >= 4 is 5.57 Å². The third-order valence-electron chi connectivity index (χ3n) is 2.56. The first-order valence-electron chi connectivity index (χ1n) is 5.60. The lowest BCUT2D eigenvalue weighted by Gasteiger charge is -2.05. The summed E-state index contributed by atoms with van der Waals surface area (Å²) in [6, 6.07) is 8.94. The molecule has 0 heterocycles.